The van der Waals surface area contributed by atoms with Gasteiger partial charge in [0.2, 0.25) is 0 Å². The van der Waals surface area contributed by atoms with E-state index in [9.17, 15) is 13.2 Å². The predicted octanol–water partition coefficient (Wildman–Crippen LogP) is 6.23. The van der Waals surface area contributed by atoms with Crippen LogP contribution in [0, 0.1) is 28.1 Å². The third kappa shape index (κ3) is 4.32. The molecule has 0 amide bonds. The van der Waals surface area contributed by atoms with Gasteiger partial charge in [-0.25, -0.2) is 4.79 Å². The number of hydrogen-bond acceptors (Lipinski definition) is 4. The Balaban J connectivity index is 1.54. The van der Waals surface area contributed by atoms with Crippen molar-refractivity contribution >= 4 is 16.1 Å². The van der Waals surface area contributed by atoms with Crippen LogP contribution in [0.5, 0.6) is 0 Å². The molecule has 2 fully saturated rings. The fraction of sp³-hybridized carbons (Fsp3) is 0.593. The van der Waals surface area contributed by atoms with Crippen molar-refractivity contribution in [2.45, 2.75) is 70.6 Å². The molecule has 180 valence electrons. The van der Waals surface area contributed by atoms with E-state index >= 15 is 0 Å². The van der Waals surface area contributed by atoms with Crippen LogP contribution in [0.2, 0.25) is 0 Å². The van der Waals surface area contributed by atoms with Crippen LogP contribution in [0.25, 0.3) is 0 Å². The number of allylic oxidation sites excluding steroid dienone is 3. The van der Waals surface area contributed by atoms with Gasteiger partial charge in [-0.2, -0.15) is 8.42 Å². The van der Waals surface area contributed by atoms with Gasteiger partial charge in [0.1, 0.15) is 0 Å². The molecule has 1 N–H and O–H groups in total. The van der Waals surface area contributed by atoms with Crippen molar-refractivity contribution in [3.05, 3.63) is 54.1 Å². The van der Waals surface area contributed by atoms with Crippen LogP contribution in [-0.4, -0.2) is 26.1 Å². The van der Waals surface area contributed by atoms with E-state index in [1.54, 1.807) is 5.57 Å². The second-order valence-corrected chi connectivity index (χ2v) is 12.8. The average molecular weight is 473 g/mol. The van der Waals surface area contributed by atoms with Crippen molar-refractivity contribution in [3.8, 4) is 0 Å². The lowest BCUT2D eigenvalue weighted by Crippen LogP contribution is -2.51. The Morgan fingerprint density at radius 3 is 2.52 bits per heavy atom. The van der Waals surface area contributed by atoms with Crippen molar-refractivity contribution in [1.29, 1.82) is 0 Å². The van der Waals surface area contributed by atoms with Gasteiger partial charge < -0.3 is 5.11 Å². The third-order valence-electron chi connectivity index (χ3n) is 8.89. The monoisotopic (exact) mass is 472 g/mol. The molecule has 0 bridgehead atoms. The molecule has 0 heterocycles. The third-order valence-corrected chi connectivity index (χ3v) is 10.2. The summed E-state index contributed by atoms with van der Waals surface area (Å²) in [6.45, 7) is 11.1. The zero-order valence-electron chi connectivity index (χ0n) is 20.0. The van der Waals surface area contributed by atoms with Crippen LogP contribution in [-0.2, 0) is 14.3 Å². The van der Waals surface area contributed by atoms with Crippen LogP contribution < -0.4 is 0 Å². The largest absolute Gasteiger partial charge is 0.478 e. The van der Waals surface area contributed by atoms with Crippen LogP contribution in [0.4, 0.5) is 0 Å². The zero-order valence-corrected chi connectivity index (χ0v) is 20.8. The standard InChI is InChI=1S/C27H36O5S/c1-5-25(2)16-13-22-20(17-25)9-12-23-26(3,14-6-15-27(22,23)4)18-32-33(30,31)21-10-7-19(8-11-21)24(28)29/h5,7-8,10-11,13,20,23H,1,6,9,12,14-18H2,2-4H3,(H,28,29)/t20?,23?,25-,26-,27-/m1/s1. The van der Waals surface area contributed by atoms with E-state index < -0.39 is 16.1 Å². The zero-order chi connectivity index (χ0) is 24.1. The topological polar surface area (TPSA) is 80.7 Å². The van der Waals surface area contributed by atoms with Gasteiger partial charge in [-0.15, -0.1) is 6.58 Å². The normalized spacial score (nSPS) is 36.3. The molecule has 1 aromatic carbocycles. The SMILES string of the molecule is C=C[C@]1(C)CC=C2C(CCC3[C@@](C)(COS(=O)(=O)c4ccc(C(=O)O)cc4)CCC[C@]23C)C1. The summed E-state index contributed by atoms with van der Waals surface area (Å²) in [7, 11) is -3.96. The number of rotatable bonds is 6. The molecule has 5 atom stereocenters. The number of aromatic carboxylic acids is 1. The lowest BCUT2D eigenvalue weighted by atomic mass is 9.46. The molecule has 0 aliphatic heterocycles. The van der Waals surface area contributed by atoms with Gasteiger partial charge in [-0.1, -0.05) is 44.9 Å². The molecule has 3 aliphatic rings. The summed E-state index contributed by atoms with van der Waals surface area (Å²) in [5.74, 6) is -0.128. The highest BCUT2D eigenvalue weighted by molar-refractivity contribution is 7.86. The molecule has 6 heteroatoms. The maximum atomic E-state index is 12.9. The minimum atomic E-state index is -3.96. The molecule has 4 rings (SSSR count). The van der Waals surface area contributed by atoms with E-state index in [0.717, 1.165) is 44.9 Å². The second-order valence-electron chi connectivity index (χ2n) is 11.2. The van der Waals surface area contributed by atoms with Gasteiger partial charge in [0.05, 0.1) is 17.1 Å². The number of carboxylic acid groups (broad SMARTS) is 1. The lowest BCUT2D eigenvalue weighted by molar-refractivity contribution is -0.0490. The van der Waals surface area contributed by atoms with Gasteiger partial charge >= 0.3 is 5.97 Å². The van der Waals surface area contributed by atoms with E-state index in [0.29, 0.717) is 11.8 Å². The van der Waals surface area contributed by atoms with Gasteiger partial charge in [0.15, 0.2) is 0 Å². The summed E-state index contributed by atoms with van der Waals surface area (Å²) in [5.41, 5.74) is 1.65. The van der Waals surface area contributed by atoms with Crippen molar-refractivity contribution in [2.24, 2.45) is 28.1 Å². The van der Waals surface area contributed by atoms with Crippen LogP contribution in [0.3, 0.4) is 0 Å². The van der Waals surface area contributed by atoms with E-state index in [4.69, 9.17) is 9.29 Å². The highest BCUT2D eigenvalue weighted by Gasteiger charge is 2.55. The van der Waals surface area contributed by atoms with E-state index in [1.807, 2.05) is 0 Å². The fourth-order valence-corrected chi connectivity index (χ4v) is 7.99. The van der Waals surface area contributed by atoms with Gasteiger partial charge in [0, 0.05) is 0 Å². The first kappa shape index (κ1) is 24.2. The lowest BCUT2D eigenvalue weighted by Gasteiger charge is -2.59. The molecule has 0 aromatic heterocycles. The Labute approximate surface area is 198 Å². The molecule has 1 aromatic rings. The molecule has 0 spiro atoms. The highest BCUT2D eigenvalue weighted by Crippen LogP contribution is 2.63. The second kappa shape index (κ2) is 8.38. The minimum Gasteiger partial charge on any atom is -0.478 e. The molecule has 3 aliphatic carbocycles. The quantitative estimate of drug-likeness (QED) is 0.392. The fourth-order valence-electron chi connectivity index (χ4n) is 6.96. The number of carboxylic acids is 1. The first-order valence-electron chi connectivity index (χ1n) is 12.0. The number of carbonyl (C=O) groups is 1. The van der Waals surface area contributed by atoms with Crippen LogP contribution in [0.15, 0.2) is 53.5 Å². The highest BCUT2D eigenvalue weighted by atomic mass is 32.2. The molecule has 5 nitrogen and oxygen atoms in total. The summed E-state index contributed by atoms with van der Waals surface area (Å²) >= 11 is 0. The minimum absolute atomic E-state index is 0.00270. The summed E-state index contributed by atoms with van der Waals surface area (Å²) in [5, 5.41) is 9.06. The number of benzene rings is 1. The van der Waals surface area contributed by atoms with Gasteiger partial charge in [0.25, 0.3) is 10.1 Å². The molecule has 33 heavy (non-hydrogen) atoms. The van der Waals surface area contributed by atoms with E-state index in [-0.39, 0.29) is 33.3 Å². The predicted molar refractivity (Wildman–Crippen MR) is 128 cm³/mol. The summed E-state index contributed by atoms with van der Waals surface area (Å²) in [6.07, 6.45) is 12.1. The summed E-state index contributed by atoms with van der Waals surface area (Å²) < 4.78 is 31.4. The Hall–Kier alpha value is -1.92. The number of fused-ring (bicyclic) bond motifs is 3. The smallest absolute Gasteiger partial charge is 0.335 e. The summed E-state index contributed by atoms with van der Waals surface area (Å²) in [6, 6.07) is 5.21. The Kier molecular flexibility index (Phi) is 6.15. The van der Waals surface area contributed by atoms with Crippen LogP contribution in [0.1, 0.15) is 76.1 Å². The summed E-state index contributed by atoms with van der Waals surface area (Å²) in [4.78, 5) is 11.1. The Morgan fingerprint density at radius 2 is 1.88 bits per heavy atom. The molecule has 0 saturated heterocycles. The van der Waals surface area contributed by atoms with E-state index in [1.165, 1.54) is 24.3 Å². The molecule has 2 unspecified atom stereocenters. The van der Waals surface area contributed by atoms with E-state index in [2.05, 4.69) is 39.5 Å². The Bertz CT molecular complexity index is 1070. The van der Waals surface area contributed by atoms with Gasteiger partial charge in [-0.05, 0) is 90.9 Å². The maximum Gasteiger partial charge on any atom is 0.335 e. The van der Waals surface area contributed by atoms with Crippen LogP contribution >= 0.6 is 0 Å². The maximum absolute atomic E-state index is 12.9. The van der Waals surface area contributed by atoms with Crippen molar-refractivity contribution < 1.29 is 22.5 Å². The van der Waals surface area contributed by atoms with Gasteiger partial charge in [-0.3, -0.25) is 4.18 Å². The van der Waals surface area contributed by atoms with Crippen molar-refractivity contribution in [3.63, 3.8) is 0 Å². The Morgan fingerprint density at radius 1 is 1.18 bits per heavy atom. The van der Waals surface area contributed by atoms with Crippen molar-refractivity contribution in [1.82, 2.24) is 0 Å². The molecular formula is C27H36O5S. The molecule has 0 radical (unpaired) electrons. The number of hydrogen-bond donors (Lipinski definition) is 1. The van der Waals surface area contributed by atoms with Crippen molar-refractivity contribution in [2.75, 3.05) is 6.61 Å². The first-order valence-corrected chi connectivity index (χ1v) is 13.4. The molecule has 2 saturated carbocycles. The first-order chi connectivity index (χ1) is 15.4. The molecular weight excluding hydrogens is 436 g/mol. The average Bonchev–Trinajstić information content (AvgIpc) is 2.77.